The number of carbonyl (C=O) groups excluding carboxylic acids is 1. The molecule has 0 aliphatic heterocycles. The Morgan fingerprint density at radius 2 is 1.24 bits per heavy atom. The topological polar surface area (TPSA) is 96.8 Å². The number of benzene rings is 4. The van der Waals surface area contributed by atoms with Crippen LogP contribution >= 0.6 is 0 Å². The van der Waals surface area contributed by atoms with Crippen LogP contribution in [-0.4, -0.2) is 25.4 Å². The molecule has 49 heavy (non-hydrogen) atoms. The summed E-state index contributed by atoms with van der Waals surface area (Å²) >= 11 is 0. The number of unbranched alkanes of at least 4 members (excludes halogenated alkanes) is 1. The first-order valence-corrected chi connectivity index (χ1v) is 15.7. The van der Waals surface area contributed by atoms with E-state index in [1.165, 1.54) is 60.7 Å². The molecule has 0 unspecified atom stereocenters. The van der Waals surface area contributed by atoms with Gasteiger partial charge in [0.1, 0.15) is 11.5 Å². The maximum Gasteiger partial charge on any atom is 0.426 e. The summed E-state index contributed by atoms with van der Waals surface area (Å²) in [6.07, 6.45) is -4.65. The van der Waals surface area contributed by atoms with Crippen LogP contribution in [0.1, 0.15) is 48.4 Å². The number of anilines is 2. The second-order valence-electron chi connectivity index (χ2n) is 12.2. The van der Waals surface area contributed by atoms with Gasteiger partial charge in [0.25, 0.3) is 0 Å². The van der Waals surface area contributed by atoms with E-state index in [2.05, 4.69) is 0 Å². The summed E-state index contributed by atoms with van der Waals surface area (Å²) in [6, 6.07) is 25.7. The molecule has 0 spiro atoms. The summed E-state index contributed by atoms with van der Waals surface area (Å²) in [5, 5.41) is 0. The number of halogens is 5. The van der Waals surface area contributed by atoms with Crippen molar-refractivity contribution >= 4 is 23.4 Å². The fraction of sp³-hybridized carbons (Fsp3) is 0.289. The normalized spacial score (nSPS) is 12.2. The number of carbonyl (C=O) groups is 1. The number of rotatable bonds is 16. The van der Waals surface area contributed by atoms with Gasteiger partial charge in [0, 0.05) is 29.3 Å². The molecule has 4 aromatic rings. The maximum absolute atomic E-state index is 14.9. The van der Waals surface area contributed by atoms with Gasteiger partial charge in [-0.3, -0.25) is 0 Å². The third-order valence-electron chi connectivity index (χ3n) is 7.64. The highest BCUT2D eigenvalue weighted by molar-refractivity contribution is 5.87. The molecule has 0 fully saturated rings. The SMILES string of the molecule is CC(COC(=O)/C=C/c1ccc(C(F)(F)Oc2ccc(OCCCCC(F)(F)F)cc2)cc1)(Cc1ccc(N)cc1)Cc1ccc(N)cc1. The molecule has 0 radical (unpaired) electrons. The number of esters is 1. The minimum absolute atomic E-state index is 0.0624. The van der Waals surface area contributed by atoms with Gasteiger partial charge in [0.05, 0.1) is 18.8 Å². The van der Waals surface area contributed by atoms with Gasteiger partial charge in [-0.15, -0.1) is 0 Å². The molecule has 4 rings (SSSR count). The van der Waals surface area contributed by atoms with E-state index < -0.39 is 35.7 Å². The molecular weight excluding hydrogens is 643 g/mol. The fourth-order valence-electron chi connectivity index (χ4n) is 5.10. The molecule has 0 heterocycles. The van der Waals surface area contributed by atoms with E-state index in [0.717, 1.165) is 11.1 Å². The Balaban J connectivity index is 1.30. The van der Waals surface area contributed by atoms with Crippen molar-refractivity contribution in [2.45, 2.75) is 51.3 Å². The second kappa shape index (κ2) is 16.4. The van der Waals surface area contributed by atoms with Crippen molar-refractivity contribution in [3.8, 4) is 11.5 Å². The molecule has 6 nitrogen and oxygen atoms in total. The molecule has 0 aromatic heterocycles. The summed E-state index contributed by atoms with van der Waals surface area (Å²) in [4.78, 5) is 12.7. The van der Waals surface area contributed by atoms with Crippen molar-refractivity contribution < 1.29 is 41.0 Å². The molecule has 0 saturated carbocycles. The smallest absolute Gasteiger partial charge is 0.426 e. The number of hydrogen-bond donors (Lipinski definition) is 2. The van der Waals surface area contributed by atoms with Crippen LogP contribution in [0.4, 0.5) is 33.3 Å². The van der Waals surface area contributed by atoms with E-state index in [1.54, 1.807) is 0 Å². The van der Waals surface area contributed by atoms with Gasteiger partial charge in [-0.2, -0.15) is 22.0 Å². The van der Waals surface area contributed by atoms with Crippen LogP contribution in [0.5, 0.6) is 11.5 Å². The van der Waals surface area contributed by atoms with E-state index in [4.69, 9.17) is 25.7 Å². The predicted octanol–water partition coefficient (Wildman–Crippen LogP) is 9.14. The first kappa shape index (κ1) is 36.8. The Labute approximate surface area is 282 Å². The van der Waals surface area contributed by atoms with E-state index in [-0.39, 0.29) is 31.8 Å². The van der Waals surface area contributed by atoms with Crippen molar-refractivity contribution in [1.82, 2.24) is 0 Å². The lowest BCUT2D eigenvalue weighted by atomic mass is 9.79. The Kier molecular flexibility index (Phi) is 12.3. The Hall–Kier alpha value is -5.06. The summed E-state index contributed by atoms with van der Waals surface area (Å²) in [6.45, 7) is 2.23. The molecule has 0 saturated heterocycles. The standard InChI is InChI=1S/C38H39F5N2O4/c1-36(24-28-6-13-31(44)14-7-28,25-29-8-15-32(45)16-9-29)26-48-35(46)21-10-27-4-11-30(12-5-27)38(42,43)49-34-19-17-33(18-20-34)47-23-3-2-22-37(39,40)41/h4-21H,2-3,22-26,44-45H2,1H3/b21-10+. The lowest BCUT2D eigenvalue weighted by Crippen LogP contribution is -2.30. The fourth-order valence-corrected chi connectivity index (χ4v) is 5.10. The number of ether oxygens (including phenoxy) is 3. The zero-order chi connectivity index (χ0) is 35.5. The van der Waals surface area contributed by atoms with Crippen molar-refractivity contribution in [1.29, 1.82) is 0 Å². The molecule has 260 valence electrons. The number of nitrogen functional groups attached to an aromatic ring is 2. The Bertz CT molecular complexity index is 1610. The average molecular weight is 683 g/mol. The Morgan fingerprint density at radius 1 is 0.714 bits per heavy atom. The molecule has 0 aliphatic carbocycles. The molecule has 4 N–H and O–H groups in total. The number of nitrogens with two attached hydrogens (primary N) is 2. The lowest BCUT2D eigenvalue weighted by molar-refractivity contribution is -0.185. The van der Waals surface area contributed by atoms with Crippen molar-refractivity contribution in [3.63, 3.8) is 0 Å². The summed E-state index contributed by atoms with van der Waals surface area (Å²) < 4.78 is 82.4. The first-order chi connectivity index (χ1) is 23.2. The highest BCUT2D eigenvalue weighted by Crippen LogP contribution is 2.33. The lowest BCUT2D eigenvalue weighted by Gasteiger charge is -2.29. The van der Waals surface area contributed by atoms with Crippen molar-refractivity contribution in [2.75, 3.05) is 24.7 Å². The molecule has 4 aromatic carbocycles. The molecule has 0 bridgehead atoms. The van der Waals surface area contributed by atoms with E-state index >= 15 is 0 Å². The predicted molar refractivity (Wildman–Crippen MR) is 180 cm³/mol. The summed E-state index contributed by atoms with van der Waals surface area (Å²) in [5.41, 5.74) is 14.7. The van der Waals surface area contributed by atoms with Gasteiger partial charge < -0.3 is 25.7 Å². The molecule has 0 atom stereocenters. The van der Waals surface area contributed by atoms with Gasteiger partial charge in [0.2, 0.25) is 0 Å². The van der Waals surface area contributed by atoms with E-state index in [9.17, 15) is 26.7 Å². The maximum atomic E-state index is 14.9. The minimum Gasteiger partial charge on any atom is -0.494 e. The van der Waals surface area contributed by atoms with Crippen LogP contribution in [0.2, 0.25) is 0 Å². The van der Waals surface area contributed by atoms with Crippen LogP contribution in [0.3, 0.4) is 0 Å². The minimum atomic E-state index is -4.21. The summed E-state index contributed by atoms with van der Waals surface area (Å²) in [5.74, 6) is -0.376. The molecule has 11 heteroatoms. The van der Waals surface area contributed by atoms with Crippen LogP contribution < -0.4 is 20.9 Å². The van der Waals surface area contributed by atoms with Gasteiger partial charge in [-0.25, -0.2) is 4.79 Å². The van der Waals surface area contributed by atoms with E-state index in [0.29, 0.717) is 35.5 Å². The number of alkyl halides is 5. The second-order valence-corrected chi connectivity index (χ2v) is 12.2. The quantitative estimate of drug-likeness (QED) is 0.0402. The van der Waals surface area contributed by atoms with Crippen LogP contribution in [0.25, 0.3) is 6.08 Å². The molecular formula is C38H39F5N2O4. The molecule has 0 amide bonds. The highest BCUT2D eigenvalue weighted by Gasteiger charge is 2.34. The first-order valence-electron chi connectivity index (χ1n) is 15.7. The average Bonchev–Trinajstić information content (AvgIpc) is 3.05. The monoisotopic (exact) mass is 682 g/mol. The largest absolute Gasteiger partial charge is 0.494 e. The highest BCUT2D eigenvalue weighted by atomic mass is 19.4. The third-order valence-corrected chi connectivity index (χ3v) is 7.64. The van der Waals surface area contributed by atoms with Crippen LogP contribution in [-0.2, 0) is 28.5 Å². The Morgan fingerprint density at radius 3 is 1.78 bits per heavy atom. The van der Waals surface area contributed by atoms with Crippen LogP contribution in [0.15, 0.2) is 103 Å². The molecule has 0 aliphatic rings. The van der Waals surface area contributed by atoms with Gasteiger partial charge in [-0.1, -0.05) is 43.3 Å². The van der Waals surface area contributed by atoms with Crippen molar-refractivity contribution in [3.05, 3.63) is 125 Å². The van der Waals surface area contributed by atoms with Gasteiger partial charge in [0.15, 0.2) is 0 Å². The van der Waals surface area contributed by atoms with Gasteiger partial charge in [-0.05, 0) is 109 Å². The third kappa shape index (κ3) is 12.5. The summed E-state index contributed by atoms with van der Waals surface area (Å²) in [7, 11) is 0. The number of hydrogen-bond acceptors (Lipinski definition) is 6. The van der Waals surface area contributed by atoms with Gasteiger partial charge >= 0.3 is 18.3 Å². The van der Waals surface area contributed by atoms with E-state index in [1.807, 2.05) is 55.5 Å². The van der Waals surface area contributed by atoms with Crippen LogP contribution in [0, 0.1) is 5.41 Å². The zero-order valence-electron chi connectivity index (χ0n) is 27.0. The van der Waals surface area contributed by atoms with Crippen molar-refractivity contribution in [2.24, 2.45) is 5.41 Å². The zero-order valence-corrected chi connectivity index (χ0v) is 27.0.